The molecule has 0 radical (unpaired) electrons. The molecule has 13 heavy (non-hydrogen) atoms. The van der Waals surface area contributed by atoms with E-state index >= 15 is 0 Å². The van der Waals surface area contributed by atoms with Gasteiger partial charge in [-0.25, -0.2) is 8.78 Å². The number of hydrogen-bond acceptors (Lipinski definition) is 0. The fraction of sp³-hybridized carbons (Fsp3) is 1.00. The minimum atomic E-state index is -1.23. The van der Waals surface area contributed by atoms with Crippen LogP contribution >= 0.6 is 0 Å². The molecule has 3 aliphatic rings. The minimum absolute atomic E-state index is 0.0834. The summed E-state index contributed by atoms with van der Waals surface area (Å²) in [6.07, 6.45) is 2.28. The second-order valence-corrected chi connectivity index (χ2v) is 5.27. The van der Waals surface area contributed by atoms with Crippen molar-refractivity contribution in [2.45, 2.75) is 57.8 Å². The first-order valence-corrected chi connectivity index (χ1v) is 5.25. The summed E-state index contributed by atoms with van der Waals surface area (Å²) < 4.78 is 28.4. The van der Waals surface area contributed by atoms with Crippen molar-refractivity contribution in [2.75, 3.05) is 0 Å². The van der Waals surface area contributed by atoms with E-state index in [0.717, 1.165) is 12.8 Å². The Bertz CT molecular complexity index is 236. The monoisotopic (exact) mass is 188 g/mol. The van der Waals surface area contributed by atoms with Gasteiger partial charge in [-0.3, -0.25) is 0 Å². The number of fused-ring (bicyclic) bond motifs is 2. The molecule has 0 spiro atoms. The Balaban J connectivity index is 2.31. The zero-order chi connectivity index (χ0) is 9.91. The van der Waals surface area contributed by atoms with E-state index < -0.39 is 16.8 Å². The largest absolute Gasteiger partial charge is 0.243 e. The molecule has 3 fully saturated rings. The lowest BCUT2D eigenvalue weighted by Gasteiger charge is -2.67. The molecule has 0 saturated heterocycles. The van der Waals surface area contributed by atoms with Gasteiger partial charge < -0.3 is 0 Å². The zero-order valence-electron chi connectivity index (χ0n) is 8.66. The zero-order valence-corrected chi connectivity index (χ0v) is 8.66. The van der Waals surface area contributed by atoms with Crippen molar-refractivity contribution < 1.29 is 8.78 Å². The van der Waals surface area contributed by atoms with E-state index in [1.807, 2.05) is 6.92 Å². The highest BCUT2D eigenvalue weighted by Crippen LogP contribution is 2.70. The van der Waals surface area contributed by atoms with E-state index in [-0.39, 0.29) is 12.3 Å². The van der Waals surface area contributed by atoms with Gasteiger partial charge in [0.25, 0.3) is 0 Å². The molecule has 0 N–H and O–H groups in total. The average molecular weight is 188 g/mol. The first kappa shape index (κ1) is 9.42. The summed E-state index contributed by atoms with van der Waals surface area (Å²) in [5, 5.41) is 0. The Labute approximate surface area is 78.7 Å². The Morgan fingerprint density at radius 1 is 1.31 bits per heavy atom. The fourth-order valence-corrected chi connectivity index (χ4v) is 3.33. The first-order valence-electron chi connectivity index (χ1n) is 5.25. The third-order valence-corrected chi connectivity index (χ3v) is 4.73. The van der Waals surface area contributed by atoms with Gasteiger partial charge in [-0.2, -0.15) is 0 Å². The minimum Gasteiger partial charge on any atom is -0.243 e. The van der Waals surface area contributed by atoms with Crippen LogP contribution in [0.4, 0.5) is 8.78 Å². The van der Waals surface area contributed by atoms with Crippen LogP contribution in [-0.4, -0.2) is 11.3 Å². The highest BCUT2D eigenvalue weighted by Gasteiger charge is 2.75. The maximum atomic E-state index is 14.4. The molecule has 0 aromatic rings. The van der Waals surface area contributed by atoms with Crippen molar-refractivity contribution in [3.63, 3.8) is 0 Å². The first-order chi connectivity index (χ1) is 5.87. The third kappa shape index (κ3) is 0.804. The van der Waals surface area contributed by atoms with Crippen molar-refractivity contribution >= 4 is 0 Å². The lowest BCUT2D eigenvalue weighted by Crippen LogP contribution is -2.73. The van der Waals surface area contributed by atoms with Gasteiger partial charge in [0, 0.05) is 11.8 Å². The van der Waals surface area contributed by atoms with Crippen molar-refractivity contribution in [1.29, 1.82) is 0 Å². The van der Waals surface area contributed by atoms with Gasteiger partial charge in [0.2, 0.25) is 0 Å². The number of rotatable bonds is 1. The molecule has 0 nitrogen and oxygen atoms in total. The summed E-state index contributed by atoms with van der Waals surface area (Å²) in [5.74, 6) is 0.0834. The van der Waals surface area contributed by atoms with E-state index in [1.54, 1.807) is 13.8 Å². The lowest BCUT2D eigenvalue weighted by molar-refractivity contribution is -0.274. The van der Waals surface area contributed by atoms with E-state index in [2.05, 4.69) is 0 Å². The summed E-state index contributed by atoms with van der Waals surface area (Å²) in [4.78, 5) is 0. The summed E-state index contributed by atoms with van der Waals surface area (Å²) in [6, 6.07) is 0. The van der Waals surface area contributed by atoms with Crippen LogP contribution in [0.3, 0.4) is 0 Å². The maximum Gasteiger partial charge on any atom is 0.125 e. The van der Waals surface area contributed by atoms with Crippen LogP contribution in [0, 0.1) is 11.3 Å². The van der Waals surface area contributed by atoms with Crippen LogP contribution in [0.15, 0.2) is 0 Å². The second-order valence-electron chi connectivity index (χ2n) is 5.27. The molecule has 0 aromatic heterocycles. The van der Waals surface area contributed by atoms with Gasteiger partial charge in [0.15, 0.2) is 0 Å². The molecule has 3 atom stereocenters. The number of halogens is 2. The highest BCUT2D eigenvalue weighted by molar-refractivity contribution is 5.24. The molecular formula is C11H18F2. The van der Waals surface area contributed by atoms with Gasteiger partial charge in [-0.15, -0.1) is 0 Å². The molecule has 0 amide bonds. The predicted octanol–water partition coefficient (Wildman–Crippen LogP) is 3.65. The molecule has 0 heterocycles. The molecule has 3 aliphatic carbocycles. The van der Waals surface area contributed by atoms with Gasteiger partial charge in [-0.1, -0.05) is 27.2 Å². The summed E-state index contributed by atoms with van der Waals surface area (Å²) >= 11 is 0. The number of alkyl halides is 2. The lowest BCUT2D eigenvalue weighted by atomic mass is 9.41. The van der Waals surface area contributed by atoms with Crippen molar-refractivity contribution in [3.8, 4) is 0 Å². The Morgan fingerprint density at radius 2 is 1.92 bits per heavy atom. The second kappa shape index (κ2) is 2.26. The molecular weight excluding hydrogens is 170 g/mol. The SMILES string of the molecule is CCC1CCC2(F)CC1(F)C2(C)C. The van der Waals surface area contributed by atoms with Crippen molar-refractivity contribution in [2.24, 2.45) is 11.3 Å². The Hall–Kier alpha value is -0.140. The Kier molecular flexibility index (Phi) is 1.64. The standard InChI is InChI=1S/C11H18F2/c1-4-8-5-6-10(12)7-11(8,13)9(10,2)3/h8H,4-7H2,1-3H3. The predicted molar refractivity (Wildman–Crippen MR) is 49.1 cm³/mol. The van der Waals surface area contributed by atoms with Crippen LogP contribution in [0.5, 0.6) is 0 Å². The van der Waals surface area contributed by atoms with Gasteiger partial charge >= 0.3 is 0 Å². The summed E-state index contributed by atoms with van der Waals surface area (Å²) in [5.41, 5.74) is -3.19. The van der Waals surface area contributed by atoms with Crippen molar-refractivity contribution in [3.05, 3.63) is 0 Å². The topological polar surface area (TPSA) is 0 Å². The molecule has 2 heteroatoms. The van der Waals surface area contributed by atoms with Crippen LogP contribution in [0.2, 0.25) is 0 Å². The van der Waals surface area contributed by atoms with E-state index in [9.17, 15) is 8.78 Å². The summed E-state index contributed by atoms with van der Waals surface area (Å²) in [6.45, 7) is 5.50. The van der Waals surface area contributed by atoms with Gasteiger partial charge in [-0.05, 0) is 18.8 Å². The fourth-order valence-electron chi connectivity index (χ4n) is 3.33. The molecule has 3 rings (SSSR count). The van der Waals surface area contributed by atoms with E-state index in [0.29, 0.717) is 6.42 Å². The smallest absolute Gasteiger partial charge is 0.125 e. The molecule has 0 aliphatic heterocycles. The molecule has 2 bridgehead atoms. The number of hydrogen-bond donors (Lipinski definition) is 0. The highest BCUT2D eigenvalue weighted by atomic mass is 19.2. The van der Waals surface area contributed by atoms with E-state index in [4.69, 9.17) is 0 Å². The summed E-state index contributed by atoms with van der Waals surface area (Å²) in [7, 11) is 0. The molecule has 3 saturated carbocycles. The molecule has 3 unspecified atom stereocenters. The van der Waals surface area contributed by atoms with Gasteiger partial charge in [0.05, 0.1) is 0 Å². The normalized spacial score (nSPS) is 52.8. The molecule has 0 aromatic carbocycles. The maximum absolute atomic E-state index is 14.4. The van der Waals surface area contributed by atoms with Crippen LogP contribution in [0.1, 0.15) is 46.5 Å². The van der Waals surface area contributed by atoms with Gasteiger partial charge in [0.1, 0.15) is 11.3 Å². The quantitative estimate of drug-likeness (QED) is 0.589. The van der Waals surface area contributed by atoms with Crippen LogP contribution < -0.4 is 0 Å². The third-order valence-electron chi connectivity index (χ3n) is 4.73. The van der Waals surface area contributed by atoms with Crippen molar-refractivity contribution in [1.82, 2.24) is 0 Å². The molecule has 76 valence electrons. The van der Waals surface area contributed by atoms with Crippen LogP contribution in [-0.2, 0) is 0 Å². The average Bonchev–Trinajstić information content (AvgIpc) is 2.04. The van der Waals surface area contributed by atoms with Crippen LogP contribution in [0.25, 0.3) is 0 Å². The Morgan fingerprint density at radius 3 is 2.38 bits per heavy atom. The van der Waals surface area contributed by atoms with E-state index in [1.165, 1.54) is 0 Å².